The minimum Gasteiger partial charge on any atom is -0.323 e. The molecule has 0 bridgehead atoms. The van der Waals surface area contributed by atoms with Crippen LogP contribution in [0.5, 0.6) is 0 Å². The molecule has 0 saturated carbocycles. The van der Waals surface area contributed by atoms with Crippen molar-refractivity contribution < 1.29 is 0 Å². The van der Waals surface area contributed by atoms with Crippen LogP contribution in [0, 0.1) is 12.0 Å². The molecule has 0 aliphatic heterocycles. The molecule has 1 aromatic carbocycles. The highest BCUT2D eigenvalue weighted by Crippen LogP contribution is 2.24. The maximum atomic E-state index is 6.08. The second kappa shape index (κ2) is 3.58. The van der Waals surface area contributed by atoms with Gasteiger partial charge in [0.2, 0.25) is 0 Å². The lowest BCUT2D eigenvalue weighted by Gasteiger charge is -2.15. The van der Waals surface area contributed by atoms with Crippen LogP contribution in [-0.2, 0) is 0 Å². The molecular weight excluding hydrogens is 158 g/mol. The van der Waals surface area contributed by atoms with Gasteiger partial charge in [0.05, 0.1) is 0 Å². The first kappa shape index (κ1) is 8.27. The molecule has 0 heterocycles. The highest BCUT2D eigenvalue weighted by atomic mass is 14.6. The monoisotopic (exact) mass is 170 g/mol. The Morgan fingerprint density at radius 1 is 1.15 bits per heavy atom. The van der Waals surface area contributed by atoms with E-state index in [2.05, 4.69) is 18.2 Å². The van der Waals surface area contributed by atoms with Crippen LogP contribution >= 0.6 is 0 Å². The molecule has 2 rings (SSSR count). The van der Waals surface area contributed by atoms with Gasteiger partial charge < -0.3 is 5.73 Å². The van der Waals surface area contributed by atoms with Crippen molar-refractivity contribution in [3.05, 3.63) is 60.2 Å². The van der Waals surface area contributed by atoms with Crippen LogP contribution in [0.25, 0.3) is 0 Å². The Balaban J connectivity index is 2.18. The molecular formula is C12H12N. The number of allylic oxidation sites excluding steroid dienone is 2. The number of nitrogens with two attached hydrogens (primary N) is 1. The normalized spacial score (nSPS) is 17.9. The molecule has 0 aromatic heterocycles. The third kappa shape index (κ3) is 1.70. The highest BCUT2D eigenvalue weighted by Gasteiger charge is 2.15. The predicted molar refractivity (Wildman–Crippen MR) is 54.0 cm³/mol. The highest BCUT2D eigenvalue weighted by molar-refractivity contribution is 5.26. The molecule has 1 aliphatic rings. The second-order valence-electron chi connectivity index (χ2n) is 3.21. The summed E-state index contributed by atoms with van der Waals surface area (Å²) in [4.78, 5) is 0. The lowest BCUT2D eigenvalue weighted by molar-refractivity contribution is 0.624. The zero-order valence-corrected chi connectivity index (χ0v) is 7.35. The Kier molecular flexibility index (Phi) is 2.28. The van der Waals surface area contributed by atoms with E-state index in [0.717, 1.165) is 0 Å². The molecule has 65 valence electrons. The van der Waals surface area contributed by atoms with E-state index < -0.39 is 0 Å². The average Bonchev–Trinajstić information content (AvgIpc) is 2.71. The van der Waals surface area contributed by atoms with Crippen LogP contribution in [0.1, 0.15) is 11.6 Å². The Labute approximate surface area is 78.6 Å². The van der Waals surface area contributed by atoms with Gasteiger partial charge in [-0.1, -0.05) is 48.6 Å². The Hall–Kier alpha value is -1.34. The molecule has 0 spiro atoms. The van der Waals surface area contributed by atoms with Gasteiger partial charge in [-0.2, -0.15) is 0 Å². The topological polar surface area (TPSA) is 26.0 Å². The standard InChI is InChI=1S/C12H12N/c13-12(11-8-4-5-9-11)10-6-2-1-3-7-10/h2-9,11-12H,13H2. The van der Waals surface area contributed by atoms with Gasteiger partial charge in [0, 0.05) is 12.0 Å². The van der Waals surface area contributed by atoms with E-state index in [1.165, 1.54) is 5.56 Å². The SMILES string of the molecule is NC(c1cc[c]cc1)C1C=CC=C1. The summed E-state index contributed by atoms with van der Waals surface area (Å²) in [6.45, 7) is 0. The van der Waals surface area contributed by atoms with Crippen LogP contribution in [-0.4, -0.2) is 0 Å². The minimum atomic E-state index is 0.0737. The fourth-order valence-corrected chi connectivity index (χ4v) is 1.53. The number of rotatable bonds is 2. The van der Waals surface area contributed by atoms with E-state index in [0.29, 0.717) is 5.92 Å². The van der Waals surface area contributed by atoms with Gasteiger partial charge in [-0.3, -0.25) is 0 Å². The van der Waals surface area contributed by atoms with Crippen molar-refractivity contribution in [2.45, 2.75) is 6.04 Å². The molecule has 1 heteroatoms. The van der Waals surface area contributed by atoms with Crippen LogP contribution in [0.2, 0.25) is 0 Å². The van der Waals surface area contributed by atoms with Crippen LogP contribution in [0.15, 0.2) is 48.6 Å². The largest absolute Gasteiger partial charge is 0.323 e. The summed E-state index contributed by atoms with van der Waals surface area (Å²) in [6, 6.07) is 10.9. The quantitative estimate of drug-likeness (QED) is 0.723. The molecule has 1 aromatic rings. The van der Waals surface area contributed by atoms with Crippen molar-refractivity contribution in [1.29, 1.82) is 0 Å². The Morgan fingerprint density at radius 3 is 2.38 bits per heavy atom. The van der Waals surface area contributed by atoms with Crippen molar-refractivity contribution in [2.75, 3.05) is 0 Å². The summed E-state index contributed by atoms with van der Waals surface area (Å²) in [5.41, 5.74) is 7.25. The zero-order chi connectivity index (χ0) is 9.10. The maximum Gasteiger partial charge on any atom is 0.0393 e. The van der Waals surface area contributed by atoms with E-state index in [9.17, 15) is 0 Å². The lowest BCUT2D eigenvalue weighted by atomic mass is 9.95. The third-order valence-electron chi connectivity index (χ3n) is 2.32. The summed E-state index contributed by atoms with van der Waals surface area (Å²) in [6.07, 6.45) is 8.34. The van der Waals surface area contributed by atoms with Crippen molar-refractivity contribution in [3.8, 4) is 0 Å². The summed E-state index contributed by atoms with van der Waals surface area (Å²) in [5, 5.41) is 0. The summed E-state index contributed by atoms with van der Waals surface area (Å²) >= 11 is 0. The van der Waals surface area contributed by atoms with E-state index in [-0.39, 0.29) is 6.04 Å². The smallest absolute Gasteiger partial charge is 0.0393 e. The van der Waals surface area contributed by atoms with E-state index in [1.807, 2.05) is 36.4 Å². The maximum absolute atomic E-state index is 6.08. The molecule has 2 N–H and O–H groups in total. The van der Waals surface area contributed by atoms with Crippen LogP contribution < -0.4 is 5.73 Å². The van der Waals surface area contributed by atoms with E-state index in [4.69, 9.17) is 5.73 Å². The number of hydrogen-bond donors (Lipinski definition) is 1. The molecule has 1 nitrogen and oxygen atoms in total. The Bertz CT molecular complexity index is 312. The molecule has 0 saturated heterocycles. The van der Waals surface area contributed by atoms with Crippen LogP contribution in [0.4, 0.5) is 0 Å². The summed E-state index contributed by atoms with van der Waals surface area (Å²) in [5.74, 6) is 0.349. The zero-order valence-electron chi connectivity index (χ0n) is 7.35. The van der Waals surface area contributed by atoms with Crippen molar-refractivity contribution >= 4 is 0 Å². The summed E-state index contributed by atoms with van der Waals surface area (Å²) in [7, 11) is 0. The molecule has 1 aliphatic carbocycles. The number of hydrogen-bond acceptors (Lipinski definition) is 1. The third-order valence-corrected chi connectivity index (χ3v) is 2.32. The molecule has 1 radical (unpaired) electrons. The van der Waals surface area contributed by atoms with Crippen molar-refractivity contribution in [3.63, 3.8) is 0 Å². The van der Waals surface area contributed by atoms with Gasteiger partial charge in [0.15, 0.2) is 0 Å². The average molecular weight is 170 g/mol. The molecule has 1 atom stereocenters. The summed E-state index contributed by atoms with van der Waals surface area (Å²) < 4.78 is 0. The van der Waals surface area contributed by atoms with Gasteiger partial charge in [-0.05, 0) is 11.6 Å². The van der Waals surface area contributed by atoms with Gasteiger partial charge in [-0.25, -0.2) is 0 Å². The minimum absolute atomic E-state index is 0.0737. The van der Waals surface area contributed by atoms with E-state index in [1.54, 1.807) is 0 Å². The number of benzene rings is 1. The molecule has 1 unspecified atom stereocenters. The van der Waals surface area contributed by atoms with Crippen molar-refractivity contribution in [1.82, 2.24) is 0 Å². The second-order valence-corrected chi connectivity index (χ2v) is 3.21. The lowest BCUT2D eigenvalue weighted by Crippen LogP contribution is -2.17. The fraction of sp³-hybridized carbons (Fsp3) is 0.167. The molecule has 0 fully saturated rings. The van der Waals surface area contributed by atoms with Gasteiger partial charge >= 0.3 is 0 Å². The van der Waals surface area contributed by atoms with Crippen molar-refractivity contribution in [2.24, 2.45) is 11.7 Å². The molecule has 0 amide bonds. The fourth-order valence-electron chi connectivity index (χ4n) is 1.53. The van der Waals surface area contributed by atoms with E-state index >= 15 is 0 Å². The van der Waals surface area contributed by atoms with Crippen LogP contribution in [0.3, 0.4) is 0 Å². The molecule has 13 heavy (non-hydrogen) atoms. The van der Waals surface area contributed by atoms with Gasteiger partial charge in [0.1, 0.15) is 0 Å². The first-order valence-electron chi connectivity index (χ1n) is 4.44. The van der Waals surface area contributed by atoms with Gasteiger partial charge in [-0.15, -0.1) is 0 Å². The predicted octanol–water partition coefficient (Wildman–Crippen LogP) is 2.23. The van der Waals surface area contributed by atoms with Gasteiger partial charge in [0.25, 0.3) is 0 Å². The Morgan fingerprint density at radius 2 is 1.77 bits per heavy atom. The first-order chi connectivity index (χ1) is 6.38. The first-order valence-corrected chi connectivity index (χ1v) is 4.44.